The summed E-state index contributed by atoms with van der Waals surface area (Å²) in [5, 5.41) is 3.68. The Kier molecular flexibility index (Phi) is 4.98. The Morgan fingerprint density at radius 1 is 0.880 bits per heavy atom. The van der Waals surface area contributed by atoms with Crippen molar-refractivity contribution in [1.82, 2.24) is 0 Å². The van der Waals surface area contributed by atoms with Gasteiger partial charge in [-0.3, -0.25) is 9.59 Å². The number of anilines is 2. The lowest BCUT2D eigenvalue weighted by Gasteiger charge is -2.17. The summed E-state index contributed by atoms with van der Waals surface area (Å²) < 4.78 is 0. The highest BCUT2D eigenvalue weighted by Gasteiger charge is 2.40. The lowest BCUT2D eigenvalue weighted by atomic mass is 10.2. The molecule has 1 heterocycles. The molecule has 1 aliphatic rings. The lowest BCUT2D eigenvalue weighted by molar-refractivity contribution is -0.120. The fourth-order valence-electron chi connectivity index (χ4n) is 2.35. The van der Waals surface area contributed by atoms with Crippen molar-refractivity contribution in [1.29, 1.82) is 0 Å². The van der Waals surface area contributed by atoms with E-state index in [-0.39, 0.29) is 21.4 Å². The highest BCUT2D eigenvalue weighted by atomic mass is 35.5. The standard InChI is InChI=1S/C17H10Cl4N2O2/c1-8-2-3-9(18)6-12(8)22-15-14(21)16(24)23(17(15)25)13-7-10(19)4-5-11(13)20/h2-7,22H,1H3. The molecule has 0 aromatic heterocycles. The minimum Gasteiger partial charge on any atom is -0.349 e. The first-order chi connectivity index (χ1) is 11.8. The maximum absolute atomic E-state index is 12.8. The van der Waals surface area contributed by atoms with Gasteiger partial charge in [0.15, 0.2) is 0 Å². The molecule has 128 valence electrons. The minimum atomic E-state index is -0.682. The number of halogens is 4. The van der Waals surface area contributed by atoms with Crippen molar-refractivity contribution in [2.75, 3.05) is 10.2 Å². The SMILES string of the molecule is Cc1ccc(Cl)cc1NC1=C(Cl)C(=O)N(c2cc(Cl)ccc2Cl)C1=O. The molecule has 0 atom stereocenters. The Morgan fingerprint density at radius 2 is 1.52 bits per heavy atom. The molecule has 8 heteroatoms. The van der Waals surface area contributed by atoms with E-state index in [9.17, 15) is 9.59 Å². The van der Waals surface area contributed by atoms with Gasteiger partial charge in [0.05, 0.1) is 10.7 Å². The van der Waals surface area contributed by atoms with Crippen molar-refractivity contribution in [2.24, 2.45) is 0 Å². The lowest BCUT2D eigenvalue weighted by Crippen LogP contribution is -2.32. The maximum atomic E-state index is 12.8. The summed E-state index contributed by atoms with van der Waals surface area (Å²) in [6, 6.07) is 9.63. The number of carbonyl (C=O) groups is 2. The van der Waals surface area contributed by atoms with Gasteiger partial charge in [-0.15, -0.1) is 0 Å². The number of benzene rings is 2. The Morgan fingerprint density at radius 3 is 2.24 bits per heavy atom. The minimum absolute atomic E-state index is 0.0481. The van der Waals surface area contributed by atoms with Crippen LogP contribution in [0.15, 0.2) is 47.1 Å². The van der Waals surface area contributed by atoms with E-state index in [1.165, 1.54) is 12.1 Å². The van der Waals surface area contributed by atoms with Gasteiger partial charge in [-0.25, -0.2) is 4.90 Å². The van der Waals surface area contributed by atoms with Crippen molar-refractivity contribution < 1.29 is 9.59 Å². The first kappa shape index (κ1) is 18.1. The topological polar surface area (TPSA) is 49.4 Å². The quantitative estimate of drug-likeness (QED) is 0.683. The van der Waals surface area contributed by atoms with Crippen LogP contribution >= 0.6 is 46.4 Å². The van der Waals surface area contributed by atoms with E-state index in [2.05, 4.69) is 5.32 Å². The third-order valence-electron chi connectivity index (χ3n) is 3.64. The zero-order chi connectivity index (χ0) is 18.3. The summed E-state index contributed by atoms with van der Waals surface area (Å²) in [4.78, 5) is 26.1. The number of imide groups is 1. The first-order valence-corrected chi connectivity index (χ1v) is 8.57. The van der Waals surface area contributed by atoms with Crippen molar-refractivity contribution in [3.63, 3.8) is 0 Å². The average Bonchev–Trinajstić information content (AvgIpc) is 2.77. The number of nitrogens with one attached hydrogen (secondary N) is 1. The number of amides is 2. The first-order valence-electron chi connectivity index (χ1n) is 7.06. The number of hydrogen-bond donors (Lipinski definition) is 1. The van der Waals surface area contributed by atoms with Gasteiger partial charge in [-0.05, 0) is 42.8 Å². The molecule has 0 spiro atoms. The smallest absolute Gasteiger partial charge is 0.283 e. The van der Waals surface area contributed by atoms with Gasteiger partial charge in [-0.2, -0.15) is 0 Å². The van der Waals surface area contributed by atoms with Gasteiger partial charge < -0.3 is 5.32 Å². The van der Waals surface area contributed by atoms with E-state index in [1.54, 1.807) is 24.3 Å². The summed E-state index contributed by atoms with van der Waals surface area (Å²) in [6.07, 6.45) is 0. The molecule has 3 rings (SSSR count). The maximum Gasteiger partial charge on any atom is 0.283 e. The summed E-state index contributed by atoms with van der Waals surface area (Å²) in [5.41, 5.74) is 1.52. The van der Waals surface area contributed by atoms with Crippen molar-refractivity contribution >= 4 is 69.6 Å². The third-order valence-corrected chi connectivity index (χ3v) is 4.78. The fourth-order valence-corrected chi connectivity index (χ4v) is 3.10. The molecule has 0 bridgehead atoms. The van der Waals surface area contributed by atoms with E-state index in [1.807, 2.05) is 6.92 Å². The van der Waals surface area contributed by atoms with E-state index in [0.29, 0.717) is 15.7 Å². The van der Waals surface area contributed by atoms with Crippen LogP contribution in [0.3, 0.4) is 0 Å². The molecule has 0 aliphatic carbocycles. The molecular weight excluding hydrogens is 406 g/mol. The van der Waals surface area contributed by atoms with E-state index < -0.39 is 11.8 Å². The predicted octanol–water partition coefficient (Wildman–Crippen LogP) is 5.39. The number of nitrogens with zero attached hydrogens (tertiary/aromatic N) is 1. The average molecular weight is 416 g/mol. The van der Waals surface area contributed by atoms with E-state index in [0.717, 1.165) is 10.5 Å². The normalized spacial score (nSPS) is 14.5. The number of rotatable bonds is 3. The second-order valence-corrected chi connectivity index (χ2v) is 6.97. The van der Waals surface area contributed by atoms with Crippen LogP contribution < -0.4 is 10.2 Å². The van der Waals surface area contributed by atoms with Gasteiger partial charge >= 0.3 is 0 Å². The van der Waals surface area contributed by atoms with Gasteiger partial charge in [0.25, 0.3) is 11.8 Å². The van der Waals surface area contributed by atoms with E-state index >= 15 is 0 Å². The van der Waals surface area contributed by atoms with E-state index in [4.69, 9.17) is 46.4 Å². The molecule has 0 unspecified atom stereocenters. The Hall–Kier alpha value is -1.72. The molecule has 0 fully saturated rings. The van der Waals surface area contributed by atoms with Crippen molar-refractivity contribution in [2.45, 2.75) is 6.92 Å². The van der Waals surface area contributed by atoms with Crippen LogP contribution in [0.2, 0.25) is 15.1 Å². The zero-order valence-corrected chi connectivity index (χ0v) is 15.8. The van der Waals surface area contributed by atoms with Crippen LogP contribution in [0, 0.1) is 6.92 Å². The summed E-state index contributed by atoms with van der Waals surface area (Å²) in [5.74, 6) is -1.31. The Bertz CT molecular complexity index is 940. The van der Waals surface area contributed by atoms with Crippen molar-refractivity contribution in [3.05, 3.63) is 67.8 Å². The third kappa shape index (κ3) is 3.35. The highest BCUT2D eigenvalue weighted by Crippen LogP contribution is 2.36. The van der Waals surface area contributed by atoms with Crippen LogP contribution in [0.25, 0.3) is 0 Å². The molecule has 0 saturated heterocycles. The molecule has 1 aliphatic heterocycles. The number of aryl methyl sites for hydroxylation is 1. The molecule has 0 radical (unpaired) electrons. The summed E-state index contributed by atoms with van der Waals surface area (Å²) in [7, 11) is 0. The largest absolute Gasteiger partial charge is 0.349 e. The Labute approximate surface area is 163 Å². The number of hydrogen-bond acceptors (Lipinski definition) is 3. The van der Waals surface area contributed by atoms with Gasteiger partial charge in [0, 0.05) is 15.7 Å². The van der Waals surface area contributed by atoms with Crippen LogP contribution in [0.5, 0.6) is 0 Å². The zero-order valence-electron chi connectivity index (χ0n) is 12.7. The summed E-state index contributed by atoms with van der Waals surface area (Å²) in [6.45, 7) is 1.83. The highest BCUT2D eigenvalue weighted by molar-refractivity contribution is 6.54. The van der Waals surface area contributed by atoms with Crippen molar-refractivity contribution in [3.8, 4) is 0 Å². The van der Waals surface area contributed by atoms with Crippen LogP contribution in [-0.2, 0) is 9.59 Å². The molecule has 1 N–H and O–H groups in total. The molecule has 2 aromatic rings. The van der Waals surface area contributed by atoms with Gasteiger partial charge in [0.1, 0.15) is 10.7 Å². The molecular formula is C17H10Cl4N2O2. The monoisotopic (exact) mass is 414 g/mol. The Balaban J connectivity index is 2.00. The molecule has 0 saturated carbocycles. The fraction of sp³-hybridized carbons (Fsp3) is 0.0588. The van der Waals surface area contributed by atoms with Gasteiger partial charge in [-0.1, -0.05) is 52.5 Å². The van der Waals surface area contributed by atoms with Gasteiger partial charge in [0.2, 0.25) is 0 Å². The van der Waals surface area contributed by atoms with Crippen LogP contribution in [0.4, 0.5) is 11.4 Å². The predicted molar refractivity (Wildman–Crippen MR) is 102 cm³/mol. The molecule has 4 nitrogen and oxygen atoms in total. The van der Waals surface area contributed by atoms with Crippen LogP contribution in [-0.4, -0.2) is 11.8 Å². The molecule has 25 heavy (non-hydrogen) atoms. The second kappa shape index (κ2) is 6.89. The second-order valence-electron chi connectivity index (χ2n) is 5.31. The molecule has 2 amide bonds. The molecule has 2 aromatic carbocycles. The summed E-state index contributed by atoms with van der Waals surface area (Å²) >= 11 is 24.1. The van der Waals surface area contributed by atoms with Crippen LogP contribution in [0.1, 0.15) is 5.56 Å². The number of carbonyl (C=O) groups excluding carboxylic acids is 2.